The minimum absolute atomic E-state index is 0.132. The molecule has 0 radical (unpaired) electrons. The predicted molar refractivity (Wildman–Crippen MR) is 74.1 cm³/mol. The summed E-state index contributed by atoms with van der Waals surface area (Å²) in [4.78, 5) is 28.6. The fraction of sp³-hybridized carbons (Fsp3) is 0.867. The third-order valence-electron chi connectivity index (χ3n) is 4.84. The van der Waals surface area contributed by atoms with Crippen molar-refractivity contribution in [1.29, 1.82) is 0 Å². The zero-order valence-electron chi connectivity index (χ0n) is 12.3. The van der Waals surface area contributed by atoms with Crippen LogP contribution in [0, 0.1) is 0 Å². The molecule has 0 N–H and O–H groups in total. The number of rotatable bonds is 2. The Kier molecular flexibility index (Phi) is 3.71. The quantitative estimate of drug-likeness (QED) is 0.763. The third-order valence-corrected chi connectivity index (χ3v) is 4.84. The van der Waals surface area contributed by atoms with Crippen LogP contribution in [0.4, 0.5) is 0 Å². The molecule has 0 spiro atoms. The second-order valence-electron chi connectivity index (χ2n) is 6.51. The van der Waals surface area contributed by atoms with E-state index in [0.717, 1.165) is 45.3 Å². The van der Waals surface area contributed by atoms with E-state index >= 15 is 0 Å². The number of hydrogen-bond donors (Lipinski definition) is 0. The van der Waals surface area contributed by atoms with Gasteiger partial charge in [0.05, 0.1) is 5.60 Å². The maximum atomic E-state index is 12.7. The highest BCUT2D eigenvalue weighted by Gasteiger charge is 2.41. The second-order valence-corrected chi connectivity index (χ2v) is 6.51. The Labute approximate surface area is 120 Å². The maximum Gasteiger partial charge on any atom is 0.245 e. The summed E-state index contributed by atoms with van der Waals surface area (Å²) in [5.74, 6) is 0.273. The topological polar surface area (TPSA) is 49.9 Å². The Hall–Kier alpha value is -1.10. The van der Waals surface area contributed by atoms with Crippen LogP contribution in [-0.2, 0) is 14.3 Å². The van der Waals surface area contributed by atoms with Crippen LogP contribution in [0.25, 0.3) is 0 Å². The molecule has 3 aliphatic heterocycles. The summed E-state index contributed by atoms with van der Waals surface area (Å²) in [6.45, 7) is 4.79. The molecule has 0 aliphatic carbocycles. The Morgan fingerprint density at radius 3 is 2.85 bits per heavy atom. The molecular formula is C15H24N2O3. The first-order chi connectivity index (χ1) is 9.59. The number of hydrogen-bond acceptors (Lipinski definition) is 3. The van der Waals surface area contributed by atoms with Gasteiger partial charge in [-0.25, -0.2) is 0 Å². The van der Waals surface area contributed by atoms with E-state index in [4.69, 9.17) is 4.74 Å². The largest absolute Gasteiger partial charge is 0.373 e. The van der Waals surface area contributed by atoms with Crippen molar-refractivity contribution in [3.05, 3.63) is 0 Å². The smallest absolute Gasteiger partial charge is 0.245 e. The van der Waals surface area contributed by atoms with Crippen LogP contribution in [0.5, 0.6) is 0 Å². The van der Waals surface area contributed by atoms with E-state index in [1.54, 1.807) is 0 Å². The van der Waals surface area contributed by atoms with E-state index in [0.29, 0.717) is 19.5 Å². The molecule has 20 heavy (non-hydrogen) atoms. The van der Waals surface area contributed by atoms with Crippen molar-refractivity contribution in [3.63, 3.8) is 0 Å². The van der Waals surface area contributed by atoms with E-state index in [1.807, 2.05) is 9.80 Å². The van der Waals surface area contributed by atoms with Gasteiger partial charge in [0.2, 0.25) is 11.8 Å². The molecule has 0 aromatic carbocycles. The number of amides is 2. The van der Waals surface area contributed by atoms with Gasteiger partial charge >= 0.3 is 0 Å². The molecule has 5 nitrogen and oxygen atoms in total. The molecule has 3 saturated heterocycles. The molecule has 3 aliphatic rings. The lowest BCUT2D eigenvalue weighted by molar-refractivity contribution is -0.144. The van der Waals surface area contributed by atoms with Crippen LogP contribution in [0.15, 0.2) is 0 Å². The van der Waals surface area contributed by atoms with Gasteiger partial charge < -0.3 is 14.5 Å². The Morgan fingerprint density at radius 2 is 2.10 bits per heavy atom. The zero-order chi connectivity index (χ0) is 14.2. The van der Waals surface area contributed by atoms with Crippen LogP contribution >= 0.6 is 0 Å². The Morgan fingerprint density at radius 1 is 1.25 bits per heavy atom. The van der Waals surface area contributed by atoms with Gasteiger partial charge in [0.15, 0.2) is 0 Å². The van der Waals surface area contributed by atoms with E-state index in [1.165, 1.54) is 0 Å². The Bertz CT molecular complexity index is 404. The summed E-state index contributed by atoms with van der Waals surface area (Å²) in [6, 6.07) is -0.219. The monoisotopic (exact) mass is 280 g/mol. The molecule has 0 aromatic heterocycles. The molecule has 112 valence electrons. The van der Waals surface area contributed by atoms with Crippen LogP contribution < -0.4 is 0 Å². The lowest BCUT2D eigenvalue weighted by Gasteiger charge is -2.36. The fourth-order valence-electron chi connectivity index (χ4n) is 3.70. The zero-order valence-corrected chi connectivity index (χ0v) is 12.3. The number of fused-ring (bicyclic) bond motifs is 1. The molecule has 3 heterocycles. The number of piperidine rings is 1. The van der Waals surface area contributed by atoms with E-state index in [-0.39, 0.29) is 23.5 Å². The summed E-state index contributed by atoms with van der Waals surface area (Å²) in [7, 11) is 0. The molecule has 0 bridgehead atoms. The summed E-state index contributed by atoms with van der Waals surface area (Å²) >= 11 is 0. The molecule has 0 saturated carbocycles. The highest BCUT2D eigenvalue weighted by atomic mass is 16.5. The van der Waals surface area contributed by atoms with Gasteiger partial charge in [-0.05, 0) is 39.0 Å². The predicted octanol–water partition coefficient (Wildman–Crippen LogP) is 1.17. The maximum absolute atomic E-state index is 12.7. The van der Waals surface area contributed by atoms with Crippen molar-refractivity contribution in [2.75, 3.05) is 26.2 Å². The standard InChI is InChI=1S/C15H24N2O3/c1-15(7-4-10-20-15)11-16-9-6-13(18)17-8-3-2-5-12(17)14(16)19/h12H,2-11H2,1H3. The molecule has 2 amide bonds. The van der Waals surface area contributed by atoms with Crippen LogP contribution in [0.1, 0.15) is 45.4 Å². The van der Waals surface area contributed by atoms with Crippen LogP contribution in [0.3, 0.4) is 0 Å². The first-order valence-corrected chi connectivity index (χ1v) is 7.81. The third kappa shape index (κ3) is 2.55. The number of carbonyl (C=O) groups excluding carboxylic acids is 2. The van der Waals surface area contributed by atoms with E-state index < -0.39 is 0 Å². The van der Waals surface area contributed by atoms with Gasteiger partial charge in [0.25, 0.3) is 0 Å². The molecule has 2 unspecified atom stereocenters. The highest BCUT2D eigenvalue weighted by Crippen LogP contribution is 2.29. The molecule has 3 fully saturated rings. The number of nitrogens with zero attached hydrogens (tertiary/aromatic N) is 2. The van der Waals surface area contributed by atoms with Crippen molar-refractivity contribution < 1.29 is 14.3 Å². The first-order valence-electron chi connectivity index (χ1n) is 7.81. The summed E-state index contributed by atoms with van der Waals surface area (Å²) < 4.78 is 5.80. The SMILES string of the molecule is CC1(CN2CCC(=O)N3CCCCC3C2=O)CCCO1. The Balaban J connectivity index is 1.75. The molecule has 3 rings (SSSR count). The van der Waals surface area contributed by atoms with Gasteiger partial charge in [-0.2, -0.15) is 0 Å². The van der Waals surface area contributed by atoms with Gasteiger partial charge in [0, 0.05) is 32.7 Å². The average Bonchev–Trinajstić information content (AvgIpc) is 2.84. The minimum Gasteiger partial charge on any atom is -0.373 e. The van der Waals surface area contributed by atoms with E-state index in [2.05, 4.69) is 6.92 Å². The first kappa shape index (κ1) is 13.9. The molecule has 2 atom stereocenters. The summed E-state index contributed by atoms with van der Waals surface area (Å²) in [5.41, 5.74) is -0.220. The summed E-state index contributed by atoms with van der Waals surface area (Å²) in [6.07, 6.45) is 5.40. The van der Waals surface area contributed by atoms with Crippen molar-refractivity contribution in [2.24, 2.45) is 0 Å². The highest BCUT2D eigenvalue weighted by molar-refractivity contribution is 5.90. The summed E-state index contributed by atoms with van der Waals surface area (Å²) in [5, 5.41) is 0. The lowest BCUT2D eigenvalue weighted by atomic mass is 9.99. The van der Waals surface area contributed by atoms with Crippen molar-refractivity contribution in [2.45, 2.75) is 57.1 Å². The van der Waals surface area contributed by atoms with Gasteiger partial charge in [-0.3, -0.25) is 9.59 Å². The van der Waals surface area contributed by atoms with Gasteiger partial charge in [0.1, 0.15) is 6.04 Å². The van der Waals surface area contributed by atoms with E-state index in [9.17, 15) is 9.59 Å². The normalized spacial score (nSPS) is 35.1. The fourth-order valence-corrected chi connectivity index (χ4v) is 3.70. The molecule has 5 heteroatoms. The van der Waals surface area contributed by atoms with Crippen molar-refractivity contribution in [1.82, 2.24) is 9.80 Å². The lowest BCUT2D eigenvalue weighted by Crippen LogP contribution is -2.52. The minimum atomic E-state index is -0.220. The average molecular weight is 280 g/mol. The second kappa shape index (κ2) is 5.35. The van der Waals surface area contributed by atoms with Crippen molar-refractivity contribution in [3.8, 4) is 0 Å². The van der Waals surface area contributed by atoms with Crippen LogP contribution in [-0.4, -0.2) is 59.5 Å². The number of ether oxygens (including phenoxy) is 1. The number of carbonyl (C=O) groups is 2. The van der Waals surface area contributed by atoms with Crippen molar-refractivity contribution >= 4 is 11.8 Å². The molecule has 0 aromatic rings. The van der Waals surface area contributed by atoms with Crippen LogP contribution in [0.2, 0.25) is 0 Å². The molecular weight excluding hydrogens is 256 g/mol. The van der Waals surface area contributed by atoms with Gasteiger partial charge in [-0.15, -0.1) is 0 Å². The van der Waals surface area contributed by atoms with Gasteiger partial charge in [-0.1, -0.05) is 0 Å².